The first-order valence-electron chi connectivity index (χ1n) is 6.88. The second-order valence-corrected chi connectivity index (χ2v) is 11.0. The Labute approximate surface area is 151 Å². The van der Waals surface area contributed by atoms with Crippen LogP contribution < -0.4 is 0 Å². The maximum atomic E-state index is 5.40. The number of rotatable bonds is 2. The first kappa shape index (κ1) is 15.0. The molecule has 0 saturated heterocycles. The Balaban J connectivity index is 1.80. The van der Waals surface area contributed by atoms with E-state index in [1.807, 2.05) is 23.5 Å². The Morgan fingerprint density at radius 2 is 1.05 bits per heavy atom. The highest BCUT2D eigenvalue weighted by molar-refractivity contribution is 8.08. The maximum absolute atomic E-state index is 5.40. The summed E-state index contributed by atoms with van der Waals surface area (Å²) in [6.45, 7) is 0. The van der Waals surface area contributed by atoms with E-state index in [-0.39, 0.29) is 0 Å². The molecule has 2 atom stereocenters. The van der Waals surface area contributed by atoms with Gasteiger partial charge in [-0.05, 0) is 11.1 Å². The molecule has 0 bridgehead atoms. The van der Waals surface area contributed by atoms with Crippen molar-refractivity contribution < 1.29 is 0 Å². The van der Waals surface area contributed by atoms with Gasteiger partial charge in [-0.1, -0.05) is 72.9 Å². The van der Waals surface area contributed by atoms with Crippen LogP contribution in [0.4, 0.5) is 0 Å². The molecule has 0 fully saturated rings. The van der Waals surface area contributed by atoms with Crippen LogP contribution in [0.5, 0.6) is 0 Å². The van der Waals surface area contributed by atoms with Gasteiger partial charge in [0, 0.05) is 0 Å². The van der Waals surface area contributed by atoms with Gasteiger partial charge in [-0.25, -0.2) is 0 Å². The molecule has 0 unspecified atom stereocenters. The lowest BCUT2D eigenvalue weighted by molar-refractivity contribution is 0.897. The third kappa shape index (κ3) is 2.93. The second-order valence-electron chi connectivity index (χ2n) is 4.93. The summed E-state index contributed by atoms with van der Waals surface area (Å²) in [5.74, 6) is 0. The van der Waals surface area contributed by atoms with E-state index in [1.54, 1.807) is 22.7 Å². The molecule has 0 aliphatic carbocycles. The van der Waals surface area contributed by atoms with Crippen molar-refractivity contribution in [1.82, 2.24) is 0 Å². The Hall–Kier alpha value is -0.590. The van der Waals surface area contributed by atoms with Crippen LogP contribution >= 0.6 is 58.4 Å². The minimum absolute atomic E-state index is 0.432. The minimum Gasteiger partial charge on any atom is -0.105 e. The standard InChI is InChI=1S/C17H12S5/c18-17-21-15-16(22-17)20-14(12-9-5-2-6-10-12)13(19-15)11-7-3-1-4-8-11/h1-10,13-14H/t13-,14-/m1/s1. The van der Waals surface area contributed by atoms with Crippen molar-refractivity contribution >= 4 is 58.4 Å². The number of hydrogen-bond acceptors (Lipinski definition) is 5. The zero-order chi connectivity index (χ0) is 14.9. The first-order valence-corrected chi connectivity index (χ1v) is 10.7. The molecule has 0 radical (unpaired) electrons. The quantitative estimate of drug-likeness (QED) is 0.433. The summed E-state index contributed by atoms with van der Waals surface area (Å²) < 4.78 is 3.81. The van der Waals surface area contributed by atoms with Gasteiger partial charge in [0.2, 0.25) is 0 Å². The summed E-state index contributed by atoms with van der Waals surface area (Å²) >= 11 is 12.9. The largest absolute Gasteiger partial charge is 0.145 e. The van der Waals surface area contributed by atoms with Gasteiger partial charge in [0.1, 0.15) is 3.14 Å². The van der Waals surface area contributed by atoms with Crippen LogP contribution in [0.25, 0.3) is 0 Å². The van der Waals surface area contributed by atoms with E-state index in [9.17, 15) is 0 Å². The molecule has 3 aromatic rings. The van der Waals surface area contributed by atoms with Gasteiger partial charge < -0.3 is 0 Å². The van der Waals surface area contributed by atoms with Crippen LogP contribution in [0.1, 0.15) is 21.6 Å². The SMILES string of the molecule is S=c1sc2c(s1)S[C@H](c1ccccc1)[C@@H](c1ccccc1)S2. The summed E-state index contributed by atoms with van der Waals surface area (Å²) in [7, 11) is 0. The molecule has 2 heterocycles. The molecule has 0 amide bonds. The molecule has 22 heavy (non-hydrogen) atoms. The van der Waals surface area contributed by atoms with Crippen LogP contribution in [-0.2, 0) is 0 Å². The highest BCUT2D eigenvalue weighted by Gasteiger charge is 2.33. The molecule has 0 saturated carbocycles. The zero-order valence-corrected chi connectivity index (χ0v) is 15.6. The molecule has 5 heteroatoms. The summed E-state index contributed by atoms with van der Waals surface area (Å²) in [6, 6.07) is 21.7. The molecular weight excluding hydrogens is 365 g/mol. The highest BCUT2D eigenvalue weighted by atomic mass is 32.2. The molecular formula is C17H12S5. The molecule has 2 aromatic carbocycles. The summed E-state index contributed by atoms with van der Waals surface area (Å²) in [5.41, 5.74) is 2.78. The van der Waals surface area contributed by atoms with Crippen LogP contribution in [0.3, 0.4) is 0 Å². The van der Waals surface area contributed by atoms with Crippen molar-refractivity contribution in [3.05, 3.63) is 74.9 Å². The van der Waals surface area contributed by atoms with Gasteiger partial charge in [0.25, 0.3) is 0 Å². The molecule has 0 spiro atoms. The Bertz CT molecular complexity index is 751. The maximum Gasteiger partial charge on any atom is 0.145 e. The fraction of sp³-hybridized carbons (Fsp3) is 0.118. The monoisotopic (exact) mass is 376 g/mol. The lowest BCUT2D eigenvalue weighted by Crippen LogP contribution is -2.08. The van der Waals surface area contributed by atoms with Gasteiger partial charge in [0.15, 0.2) is 0 Å². The number of thioether (sulfide) groups is 2. The third-order valence-electron chi connectivity index (χ3n) is 3.52. The van der Waals surface area contributed by atoms with E-state index in [4.69, 9.17) is 12.2 Å². The second kappa shape index (κ2) is 6.49. The lowest BCUT2D eigenvalue weighted by atomic mass is 10.0. The molecule has 0 N–H and O–H groups in total. The van der Waals surface area contributed by atoms with E-state index in [0.717, 1.165) is 3.14 Å². The predicted octanol–water partition coefficient (Wildman–Crippen LogP) is 7.22. The van der Waals surface area contributed by atoms with Gasteiger partial charge >= 0.3 is 0 Å². The van der Waals surface area contributed by atoms with Crippen molar-refractivity contribution in [3.8, 4) is 0 Å². The molecule has 0 nitrogen and oxygen atoms in total. The molecule has 1 aliphatic heterocycles. The van der Waals surface area contributed by atoms with Crippen LogP contribution in [0, 0.1) is 3.14 Å². The smallest absolute Gasteiger partial charge is 0.105 e. The van der Waals surface area contributed by atoms with Crippen LogP contribution in [0.15, 0.2) is 69.1 Å². The fourth-order valence-electron chi connectivity index (χ4n) is 2.53. The highest BCUT2D eigenvalue weighted by Crippen LogP contribution is 2.61. The van der Waals surface area contributed by atoms with Crippen LogP contribution in [-0.4, -0.2) is 0 Å². The Morgan fingerprint density at radius 3 is 1.45 bits per heavy atom. The molecule has 4 rings (SSSR count). The zero-order valence-electron chi connectivity index (χ0n) is 11.5. The average Bonchev–Trinajstić information content (AvgIpc) is 2.94. The summed E-state index contributed by atoms with van der Waals surface area (Å²) in [5, 5.41) is 0.864. The van der Waals surface area contributed by atoms with E-state index in [1.165, 1.54) is 19.5 Å². The van der Waals surface area contributed by atoms with Crippen molar-refractivity contribution in [3.63, 3.8) is 0 Å². The van der Waals surface area contributed by atoms with Crippen molar-refractivity contribution in [2.45, 2.75) is 18.9 Å². The topological polar surface area (TPSA) is 0 Å². The van der Waals surface area contributed by atoms with Gasteiger partial charge in [0.05, 0.1) is 18.9 Å². The molecule has 1 aliphatic rings. The normalized spacial score (nSPS) is 20.5. The number of fused-ring (bicyclic) bond motifs is 1. The summed E-state index contributed by atoms with van der Waals surface area (Å²) in [4.78, 5) is 0. The molecule has 110 valence electrons. The van der Waals surface area contributed by atoms with Crippen molar-refractivity contribution in [2.24, 2.45) is 0 Å². The first-order chi connectivity index (χ1) is 10.8. The predicted molar refractivity (Wildman–Crippen MR) is 103 cm³/mol. The van der Waals surface area contributed by atoms with Crippen molar-refractivity contribution in [1.29, 1.82) is 0 Å². The number of hydrogen-bond donors (Lipinski definition) is 0. The molecule has 1 aromatic heterocycles. The van der Waals surface area contributed by atoms with Crippen LogP contribution in [0.2, 0.25) is 0 Å². The van der Waals surface area contributed by atoms with Gasteiger partial charge in [-0.2, -0.15) is 0 Å². The van der Waals surface area contributed by atoms with Crippen molar-refractivity contribution in [2.75, 3.05) is 0 Å². The van der Waals surface area contributed by atoms with Gasteiger partial charge in [-0.3, -0.25) is 0 Å². The third-order valence-corrected chi connectivity index (χ3v) is 9.83. The average molecular weight is 377 g/mol. The van der Waals surface area contributed by atoms with Gasteiger partial charge in [-0.15, -0.1) is 46.2 Å². The van der Waals surface area contributed by atoms with E-state index in [0.29, 0.717) is 10.5 Å². The van der Waals surface area contributed by atoms with E-state index < -0.39 is 0 Å². The fourth-order valence-corrected chi connectivity index (χ4v) is 9.51. The summed E-state index contributed by atoms with van der Waals surface area (Å²) in [6.07, 6.45) is 0. The lowest BCUT2D eigenvalue weighted by Gasteiger charge is -2.30. The Morgan fingerprint density at radius 1 is 0.636 bits per heavy atom. The minimum atomic E-state index is 0.432. The Kier molecular flexibility index (Phi) is 4.42. The number of benzene rings is 2. The van der Waals surface area contributed by atoms with E-state index >= 15 is 0 Å². The van der Waals surface area contributed by atoms with E-state index in [2.05, 4.69) is 60.7 Å².